The molecule has 0 spiro atoms. The predicted molar refractivity (Wildman–Crippen MR) is 57.4 cm³/mol. The van der Waals surface area contributed by atoms with Gasteiger partial charge >= 0.3 is 0 Å². The zero-order valence-corrected chi connectivity index (χ0v) is 8.54. The molecular weight excluding hydrogens is 156 g/mol. The van der Waals surface area contributed by atoms with E-state index in [2.05, 4.69) is 51.2 Å². The summed E-state index contributed by atoms with van der Waals surface area (Å²) in [4.78, 5) is 0. The van der Waals surface area contributed by atoms with Gasteiger partial charge in [0.05, 0.1) is 0 Å². The molecule has 0 amide bonds. The van der Waals surface area contributed by atoms with Gasteiger partial charge in [0.2, 0.25) is 0 Å². The molecule has 68 valence electrons. The molecule has 2 unspecified atom stereocenters. The first-order valence-corrected chi connectivity index (χ1v) is 4.90. The fourth-order valence-electron chi connectivity index (χ4n) is 2.36. The fraction of sp³-hybridized carbons (Fsp3) is 0.385. The lowest BCUT2D eigenvalue weighted by Gasteiger charge is -2.32. The highest BCUT2D eigenvalue weighted by molar-refractivity contribution is 5.40. The molecule has 13 heavy (non-hydrogen) atoms. The van der Waals surface area contributed by atoms with Crippen molar-refractivity contribution in [2.45, 2.75) is 20.8 Å². The van der Waals surface area contributed by atoms with Gasteiger partial charge in [-0.15, -0.1) is 0 Å². The van der Waals surface area contributed by atoms with Crippen molar-refractivity contribution >= 4 is 0 Å². The fourth-order valence-corrected chi connectivity index (χ4v) is 2.36. The van der Waals surface area contributed by atoms with E-state index in [1.807, 2.05) is 0 Å². The van der Waals surface area contributed by atoms with Crippen LogP contribution in [-0.2, 0) is 0 Å². The van der Waals surface area contributed by atoms with Crippen LogP contribution in [0.15, 0.2) is 47.1 Å². The molecule has 0 N–H and O–H groups in total. The Morgan fingerprint density at radius 2 is 1.46 bits per heavy atom. The van der Waals surface area contributed by atoms with Crippen molar-refractivity contribution in [2.75, 3.05) is 0 Å². The van der Waals surface area contributed by atoms with Gasteiger partial charge in [0.1, 0.15) is 0 Å². The summed E-state index contributed by atoms with van der Waals surface area (Å²) in [5.41, 5.74) is 4.47. The van der Waals surface area contributed by atoms with E-state index in [1.165, 1.54) is 16.7 Å². The number of fused-ring (bicyclic) bond motifs is 1. The highest BCUT2D eigenvalue weighted by Gasteiger charge is 2.27. The second kappa shape index (κ2) is 3.02. The Balaban J connectivity index is 2.43. The second-order valence-corrected chi connectivity index (χ2v) is 4.12. The van der Waals surface area contributed by atoms with Crippen LogP contribution in [0, 0.1) is 11.8 Å². The van der Waals surface area contributed by atoms with Crippen LogP contribution >= 0.6 is 0 Å². The Kier molecular flexibility index (Phi) is 1.99. The third-order valence-electron chi connectivity index (χ3n) is 3.15. The molecule has 2 rings (SSSR count). The van der Waals surface area contributed by atoms with E-state index in [1.54, 1.807) is 0 Å². The Morgan fingerprint density at radius 3 is 2.15 bits per heavy atom. The maximum atomic E-state index is 2.32. The van der Waals surface area contributed by atoms with Crippen molar-refractivity contribution in [2.24, 2.45) is 11.8 Å². The summed E-state index contributed by atoms with van der Waals surface area (Å²) < 4.78 is 0. The average Bonchev–Trinajstić information content (AvgIpc) is 2.12. The second-order valence-electron chi connectivity index (χ2n) is 4.12. The molecule has 2 aliphatic carbocycles. The number of rotatable bonds is 0. The maximum absolute atomic E-state index is 2.32. The van der Waals surface area contributed by atoms with E-state index >= 15 is 0 Å². The molecule has 0 saturated heterocycles. The molecule has 0 radical (unpaired) electrons. The van der Waals surface area contributed by atoms with Gasteiger partial charge in [-0.1, -0.05) is 47.1 Å². The van der Waals surface area contributed by atoms with E-state index in [0.717, 1.165) is 0 Å². The molecule has 0 saturated carbocycles. The van der Waals surface area contributed by atoms with Crippen molar-refractivity contribution in [1.29, 1.82) is 0 Å². The van der Waals surface area contributed by atoms with Gasteiger partial charge in [-0.3, -0.25) is 0 Å². The molecule has 0 fully saturated rings. The lowest BCUT2D eigenvalue weighted by molar-refractivity contribution is 0.561. The van der Waals surface area contributed by atoms with Crippen LogP contribution in [0.1, 0.15) is 20.8 Å². The summed E-state index contributed by atoms with van der Waals surface area (Å²) >= 11 is 0. The van der Waals surface area contributed by atoms with Gasteiger partial charge in [0.15, 0.2) is 0 Å². The molecule has 0 aliphatic heterocycles. The Labute approximate surface area is 80.3 Å². The van der Waals surface area contributed by atoms with Crippen LogP contribution in [0.3, 0.4) is 0 Å². The van der Waals surface area contributed by atoms with E-state index in [4.69, 9.17) is 0 Å². The highest BCUT2D eigenvalue weighted by Crippen LogP contribution is 2.38. The maximum Gasteiger partial charge on any atom is 0.0108 e. The number of hydrogen-bond donors (Lipinski definition) is 0. The van der Waals surface area contributed by atoms with Gasteiger partial charge in [-0.05, 0) is 20.8 Å². The Bertz CT molecular complexity index is 337. The van der Waals surface area contributed by atoms with E-state index < -0.39 is 0 Å². The van der Waals surface area contributed by atoms with Gasteiger partial charge in [-0.2, -0.15) is 0 Å². The van der Waals surface area contributed by atoms with Crippen LogP contribution in [0.25, 0.3) is 0 Å². The summed E-state index contributed by atoms with van der Waals surface area (Å²) in [6.45, 7) is 6.69. The van der Waals surface area contributed by atoms with Crippen LogP contribution in [0.2, 0.25) is 0 Å². The summed E-state index contributed by atoms with van der Waals surface area (Å²) in [7, 11) is 0. The van der Waals surface area contributed by atoms with E-state index in [-0.39, 0.29) is 0 Å². The third kappa shape index (κ3) is 1.31. The minimum absolute atomic E-state index is 0.620. The van der Waals surface area contributed by atoms with Crippen LogP contribution < -0.4 is 0 Å². The first-order valence-electron chi connectivity index (χ1n) is 4.90. The SMILES string of the molecule is CC1=CC=C(C)C2C(C)=CC=CC12. The minimum atomic E-state index is 0.620. The topological polar surface area (TPSA) is 0 Å². The number of hydrogen-bond acceptors (Lipinski definition) is 0. The standard InChI is InChI=1S/C13H16/c1-9-7-8-11(3)13-10(2)5-4-6-12(9)13/h4-8,12-13H,1-3H3. The largest absolute Gasteiger partial charge is 0.0764 e. The first kappa shape index (κ1) is 8.55. The molecular formula is C13H16. The van der Waals surface area contributed by atoms with E-state index in [9.17, 15) is 0 Å². The first-order chi connectivity index (χ1) is 6.20. The van der Waals surface area contributed by atoms with Crippen LogP contribution in [-0.4, -0.2) is 0 Å². The van der Waals surface area contributed by atoms with E-state index in [0.29, 0.717) is 11.8 Å². The zero-order chi connectivity index (χ0) is 9.42. The molecule has 0 nitrogen and oxygen atoms in total. The third-order valence-corrected chi connectivity index (χ3v) is 3.15. The van der Waals surface area contributed by atoms with Crippen LogP contribution in [0.5, 0.6) is 0 Å². The van der Waals surface area contributed by atoms with Crippen molar-refractivity contribution < 1.29 is 0 Å². The summed E-state index contributed by atoms with van der Waals surface area (Å²) in [6, 6.07) is 0. The molecule has 0 bridgehead atoms. The van der Waals surface area contributed by atoms with Gasteiger partial charge in [0, 0.05) is 11.8 Å². The minimum Gasteiger partial charge on any atom is -0.0764 e. The molecule has 0 aromatic carbocycles. The van der Waals surface area contributed by atoms with Crippen molar-refractivity contribution in [3.63, 3.8) is 0 Å². The quantitative estimate of drug-likeness (QED) is 0.523. The van der Waals surface area contributed by atoms with Gasteiger partial charge < -0.3 is 0 Å². The molecule has 0 heteroatoms. The summed E-state index contributed by atoms with van der Waals surface area (Å²) in [5.74, 6) is 1.25. The Hall–Kier alpha value is -1.04. The van der Waals surface area contributed by atoms with Crippen LogP contribution in [0.4, 0.5) is 0 Å². The highest BCUT2D eigenvalue weighted by atomic mass is 14.3. The average molecular weight is 172 g/mol. The lowest BCUT2D eigenvalue weighted by Crippen LogP contribution is -2.21. The molecule has 0 heterocycles. The smallest absolute Gasteiger partial charge is 0.0108 e. The van der Waals surface area contributed by atoms with Crippen molar-refractivity contribution in [3.8, 4) is 0 Å². The van der Waals surface area contributed by atoms with Gasteiger partial charge in [-0.25, -0.2) is 0 Å². The van der Waals surface area contributed by atoms with Crippen molar-refractivity contribution in [3.05, 3.63) is 47.1 Å². The summed E-state index contributed by atoms with van der Waals surface area (Å²) in [5, 5.41) is 0. The predicted octanol–water partition coefficient (Wildman–Crippen LogP) is 3.64. The number of allylic oxidation sites excluding steroid dienone is 8. The monoisotopic (exact) mass is 172 g/mol. The molecule has 2 atom stereocenters. The molecule has 2 aliphatic rings. The molecule has 0 aromatic rings. The van der Waals surface area contributed by atoms with Gasteiger partial charge in [0.25, 0.3) is 0 Å². The Morgan fingerprint density at radius 1 is 0.846 bits per heavy atom. The lowest BCUT2D eigenvalue weighted by atomic mass is 9.72. The normalized spacial score (nSPS) is 31.8. The summed E-state index contributed by atoms with van der Waals surface area (Å²) in [6.07, 6.45) is 11.2. The molecule has 0 aromatic heterocycles. The van der Waals surface area contributed by atoms with Crippen molar-refractivity contribution in [1.82, 2.24) is 0 Å². The zero-order valence-electron chi connectivity index (χ0n) is 8.54.